The number of benzene rings is 1. The standard InChI is InChI=1S/C14H17NO2S2/c1-4-14(15-10(2)16,13(17)19-11(3)18)12-8-6-5-7-9-12/h5-9H,4H2,1-3H3,(H,15,16). The van der Waals surface area contributed by atoms with Crippen molar-refractivity contribution in [1.29, 1.82) is 0 Å². The van der Waals surface area contributed by atoms with Crippen LogP contribution in [-0.4, -0.2) is 15.2 Å². The lowest BCUT2D eigenvalue weighted by molar-refractivity contribution is -0.126. The fourth-order valence-corrected chi connectivity index (χ4v) is 2.89. The van der Waals surface area contributed by atoms with Crippen molar-refractivity contribution in [1.82, 2.24) is 5.32 Å². The minimum absolute atomic E-state index is 0.149. The highest BCUT2D eigenvalue weighted by molar-refractivity contribution is 8.33. The Bertz CT molecular complexity index is 487. The molecule has 5 heteroatoms. The molecule has 1 rings (SSSR count). The van der Waals surface area contributed by atoms with Crippen molar-refractivity contribution in [3.63, 3.8) is 0 Å². The summed E-state index contributed by atoms with van der Waals surface area (Å²) in [6.45, 7) is 4.99. The van der Waals surface area contributed by atoms with E-state index in [1.165, 1.54) is 6.92 Å². The van der Waals surface area contributed by atoms with E-state index in [0.717, 1.165) is 17.3 Å². The first-order valence-electron chi connectivity index (χ1n) is 5.99. The SMILES string of the molecule is CCC(NC(C)=O)(C(=O)SC(C)=S)c1ccccc1. The molecule has 102 valence electrons. The number of rotatable bonds is 4. The lowest BCUT2D eigenvalue weighted by Crippen LogP contribution is -2.50. The third kappa shape index (κ3) is 3.88. The van der Waals surface area contributed by atoms with Gasteiger partial charge in [-0.1, -0.05) is 49.5 Å². The van der Waals surface area contributed by atoms with Gasteiger partial charge in [0.1, 0.15) is 5.54 Å². The van der Waals surface area contributed by atoms with E-state index in [2.05, 4.69) is 5.32 Å². The molecule has 0 saturated carbocycles. The number of thioether (sulfide) groups is 1. The molecule has 1 aromatic rings. The van der Waals surface area contributed by atoms with Crippen LogP contribution in [0.5, 0.6) is 0 Å². The van der Waals surface area contributed by atoms with Crippen molar-refractivity contribution in [3.8, 4) is 0 Å². The highest BCUT2D eigenvalue weighted by atomic mass is 32.2. The smallest absolute Gasteiger partial charge is 0.224 e. The molecule has 0 aliphatic carbocycles. The number of thiocarbonyl (C=S) groups is 1. The Balaban J connectivity index is 3.26. The summed E-state index contributed by atoms with van der Waals surface area (Å²) in [6, 6.07) is 9.26. The third-order valence-electron chi connectivity index (χ3n) is 2.77. The second-order valence-electron chi connectivity index (χ2n) is 4.19. The molecule has 0 aromatic heterocycles. The van der Waals surface area contributed by atoms with Crippen LogP contribution in [0.2, 0.25) is 0 Å². The Hall–Kier alpha value is -1.20. The zero-order valence-corrected chi connectivity index (χ0v) is 12.9. The van der Waals surface area contributed by atoms with Gasteiger partial charge in [-0.2, -0.15) is 0 Å². The Labute approximate surface area is 123 Å². The molecule has 0 saturated heterocycles. The maximum Gasteiger partial charge on any atom is 0.224 e. The van der Waals surface area contributed by atoms with Crippen LogP contribution in [0.4, 0.5) is 0 Å². The van der Waals surface area contributed by atoms with E-state index < -0.39 is 5.54 Å². The number of nitrogens with one attached hydrogen (secondary N) is 1. The minimum Gasteiger partial charge on any atom is -0.339 e. The van der Waals surface area contributed by atoms with E-state index in [-0.39, 0.29) is 11.0 Å². The molecule has 0 aliphatic heterocycles. The summed E-state index contributed by atoms with van der Waals surface area (Å²) in [4.78, 5) is 24.0. The second kappa shape index (κ2) is 6.82. The topological polar surface area (TPSA) is 46.2 Å². The van der Waals surface area contributed by atoms with Crippen LogP contribution in [0.1, 0.15) is 32.8 Å². The van der Waals surface area contributed by atoms with Gasteiger partial charge >= 0.3 is 0 Å². The van der Waals surface area contributed by atoms with Gasteiger partial charge in [-0.15, -0.1) is 0 Å². The van der Waals surface area contributed by atoms with E-state index in [1.807, 2.05) is 37.3 Å². The lowest BCUT2D eigenvalue weighted by atomic mass is 9.88. The predicted octanol–water partition coefficient (Wildman–Crippen LogP) is 3.04. The highest BCUT2D eigenvalue weighted by Gasteiger charge is 2.39. The van der Waals surface area contributed by atoms with Gasteiger partial charge < -0.3 is 5.32 Å². The number of hydrogen-bond acceptors (Lipinski definition) is 4. The maximum absolute atomic E-state index is 12.5. The van der Waals surface area contributed by atoms with Gasteiger partial charge in [0, 0.05) is 6.92 Å². The molecule has 0 fully saturated rings. The predicted molar refractivity (Wildman–Crippen MR) is 83.1 cm³/mol. The summed E-state index contributed by atoms with van der Waals surface area (Å²) >= 11 is 5.98. The molecule has 1 unspecified atom stereocenters. The summed E-state index contributed by atoms with van der Waals surface area (Å²) in [5.74, 6) is -0.235. The van der Waals surface area contributed by atoms with E-state index in [4.69, 9.17) is 12.2 Å². The first-order valence-corrected chi connectivity index (χ1v) is 7.22. The Morgan fingerprint density at radius 1 is 1.26 bits per heavy atom. The first-order chi connectivity index (χ1) is 8.92. The summed E-state index contributed by atoms with van der Waals surface area (Å²) in [5.41, 5.74) is -0.237. The molecule has 3 nitrogen and oxygen atoms in total. The van der Waals surface area contributed by atoms with Crippen molar-refractivity contribution in [2.75, 3.05) is 0 Å². The highest BCUT2D eigenvalue weighted by Crippen LogP contribution is 2.31. The molecule has 1 aromatic carbocycles. The van der Waals surface area contributed by atoms with Crippen LogP contribution in [-0.2, 0) is 15.1 Å². The molecule has 0 radical (unpaired) electrons. The first kappa shape index (κ1) is 15.9. The molecular weight excluding hydrogens is 278 g/mol. The van der Waals surface area contributed by atoms with Gasteiger partial charge in [0.25, 0.3) is 0 Å². The Kier molecular flexibility index (Phi) is 5.69. The van der Waals surface area contributed by atoms with Gasteiger partial charge in [0.15, 0.2) is 0 Å². The van der Waals surface area contributed by atoms with Crippen LogP contribution in [0.3, 0.4) is 0 Å². The van der Waals surface area contributed by atoms with Gasteiger partial charge in [0.2, 0.25) is 11.0 Å². The second-order valence-corrected chi connectivity index (χ2v) is 6.25. The number of amides is 1. The number of carbonyl (C=O) groups excluding carboxylic acids is 2. The summed E-state index contributed by atoms with van der Waals surface area (Å²) in [6.07, 6.45) is 0.477. The molecule has 0 spiro atoms. The van der Waals surface area contributed by atoms with Gasteiger partial charge in [0.05, 0.1) is 4.20 Å². The average molecular weight is 295 g/mol. The van der Waals surface area contributed by atoms with Crippen LogP contribution >= 0.6 is 24.0 Å². The number of hydrogen-bond donors (Lipinski definition) is 1. The van der Waals surface area contributed by atoms with E-state index in [9.17, 15) is 9.59 Å². The number of carbonyl (C=O) groups is 2. The van der Waals surface area contributed by atoms with Crippen LogP contribution < -0.4 is 5.32 Å². The summed E-state index contributed by atoms with van der Waals surface area (Å²) in [5, 5.41) is 2.65. The Morgan fingerprint density at radius 3 is 2.26 bits per heavy atom. The van der Waals surface area contributed by atoms with Crippen LogP contribution in [0.15, 0.2) is 30.3 Å². The van der Waals surface area contributed by atoms with Crippen molar-refractivity contribution < 1.29 is 9.59 Å². The molecular formula is C14H17NO2S2. The lowest BCUT2D eigenvalue weighted by Gasteiger charge is -2.32. The van der Waals surface area contributed by atoms with Gasteiger partial charge in [-0.3, -0.25) is 9.59 Å². The summed E-state index contributed by atoms with van der Waals surface area (Å²) in [7, 11) is 0. The molecule has 0 aliphatic rings. The zero-order valence-electron chi connectivity index (χ0n) is 11.2. The van der Waals surface area contributed by atoms with Crippen molar-refractivity contribution in [2.45, 2.75) is 32.7 Å². The van der Waals surface area contributed by atoms with E-state index >= 15 is 0 Å². The van der Waals surface area contributed by atoms with E-state index in [0.29, 0.717) is 10.6 Å². The Morgan fingerprint density at radius 2 is 1.84 bits per heavy atom. The average Bonchev–Trinajstić information content (AvgIpc) is 2.35. The maximum atomic E-state index is 12.5. The minimum atomic E-state index is -1.02. The molecule has 0 bridgehead atoms. The van der Waals surface area contributed by atoms with Crippen LogP contribution in [0, 0.1) is 0 Å². The van der Waals surface area contributed by atoms with Crippen molar-refractivity contribution >= 4 is 39.2 Å². The molecule has 1 N–H and O–H groups in total. The zero-order chi connectivity index (χ0) is 14.5. The van der Waals surface area contributed by atoms with Crippen LogP contribution in [0.25, 0.3) is 0 Å². The van der Waals surface area contributed by atoms with Crippen molar-refractivity contribution in [3.05, 3.63) is 35.9 Å². The largest absolute Gasteiger partial charge is 0.339 e. The van der Waals surface area contributed by atoms with Crippen molar-refractivity contribution in [2.24, 2.45) is 0 Å². The molecule has 1 atom stereocenters. The summed E-state index contributed by atoms with van der Waals surface area (Å²) < 4.78 is 0.545. The quantitative estimate of drug-likeness (QED) is 0.867. The monoisotopic (exact) mass is 295 g/mol. The molecule has 1 amide bonds. The fourth-order valence-electron chi connectivity index (χ4n) is 1.92. The third-order valence-corrected chi connectivity index (χ3v) is 3.84. The normalized spacial score (nSPS) is 13.4. The van der Waals surface area contributed by atoms with E-state index in [1.54, 1.807) is 6.92 Å². The van der Waals surface area contributed by atoms with Gasteiger partial charge in [-0.25, -0.2) is 0 Å². The fraction of sp³-hybridized carbons (Fsp3) is 0.357. The van der Waals surface area contributed by atoms with Gasteiger partial charge in [-0.05, 0) is 30.7 Å². The molecule has 0 heterocycles. The molecule has 19 heavy (non-hydrogen) atoms.